The molecule has 18 heavy (non-hydrogen) atoms. The van der Waals surface area contributed by atoms with E-state index >= 15 is 0 Å². The van der Waals surface area contributed by atoms with Crippen molar-refractivity contribution in [3.05, 3.63) is 66.1 Å². The van der Waals surface area contributed by atoms with Crippen LogP contribution in [0.3, 0.4) is 0 Å². The van der Waals surface area contributed by atoms with E-state index in [4.69, 9.17) is 0 Å². The van der Waals surface area contributed by atoms with Crippen LogP contribution in [0.2, 0.25) is 0 Å². The summed E-state index contributed by atoms with van der Waals surface area (Å²) >= 11 is 0. The van der Waals surface area contributed by atoms with Crippen LogP contribution in [0.15, 0.2) is 54.7 Å². The standard InChI is InChI=1S/C16H14N2/c1-18-15(10-9-14-7-4-5-11-17-14)12-13-6-2-3-8-16(13)18/h2-12H,1H3/b10-9+. The molecule has 0 amide bonds. The van der Waals surface area contributed by atoms with Gasteiger partial charge in [0, 0.05) is 29.8 Å². The van der Waals surface area contributed by atoms with E-state index in [0.29, 0.717) is 0 Å². The first-order valence-corrected chi connectivity index (χ1v) is 5.98. The Labute approximate surface area is 106 Å². The molecule has 0 saturated carbocycles. The van der Waals surface area contributed by atoms with E-state index in [9.17, 15) is 0 Å². The monoisotopic (exact) mass is 234 g/mol. The molecule has 0 N–H and O–H groups in total. The van der Waals surface area contributed by atoms with Crippen LogP contribution < -0.4 is 0 Å². The molecule has 2 heterocycles. The van der Waals surface area contributed by atoms with Crippen LogP contribution in [0.1, 0.15) is 11.4 Å². The van der Waals surface area contributed by atoms with Gasteiger partial charge in [0.15, 0.2) is 0 Å². The van der Waals surface area contributed by atoms with Gasteiger partial charge in [0.2, 0.25) is 0 Å². The van der Waals surface area contributed by atoms with E-state index in [1.54, 1.807) is 6.20 Å². The Balaban J connectivity index is 2.00. The van der Waals surface area contributed by atoms with Gasteiger partial charge < -0.3 is 4.57 Å². The summed E-state index contributed by atoms with van der Waals surface area (Å²) in [5.41, 5.74) is 3.41. The van der Waals surface area contributed by atoms with Crippen molar-refractivity contribution in [2.45, 2.75) is 0 Å². The quantitative estimate of drug-likeness (QED) is 0.660. The molecule has 0 saturated heterocycles. The van der Waals surface area contributed by atoms with Gasteiger partial charge in [-0.3, -0.25) is 4.98 Å². The number of hydrogen-bond donors (Lipinski definition) is 0. The largest absolute Gasteiger partial charge is 0.344 e. The summed E-state index contributed by atoms with van der Waals surface area (Å²) in [6.45, 7) is 0. The van der Waals surface area contributed by atoms with Gasteiger partial charge in [-0.05, 0) is 36.4 Å². The summed E-state index contributed by atoms with van der Waals surface area (Å²) in [5, 5.41) is 1.26. The van der Waals surface area contributed by atoms with E-state index in [1.807, 2.05) is 24.3 Å². The second-order valence-electron chi connectivity index (χ2n) is 4.27. The van der Waals surface area contributed by atoms with Gasteiger partial charge in [0.05, 0.1) is 5.69 Å². The average Bonchev–Trinajstić information content (AvgIpc) is 2.75. The van der Waals surface area contributed by atoms with Crippen LogP contribution in [-0.4, -0.2) is 9.55 Å². The zero-order valence-corrected chi connectivity index (χ0v) is 10.2. The zero-order valence-electron chi connectivity index (χ0n) is 10.2. The highest BCUT2D eigenvalue weighted by molar-refractivity contribution is 5.85. The average molecular weight is 234 g/mol. The normalized spacial score (nSPS) is 11.4. The molecular weight excluding hydrogens is 220 g/mol. The minimum atomic E-state index is 0.975. The summed E-state index contributed by atoms with van der Waals surface area (Å²) in [6.07, 6.45) is 5.94. The smallest absolute Gasteiger partial charge is 0.0630 e. The van der Waals surface area contributed by atoms with Crippen molar-refractivity contribution in [2.24, 2.45) is 7.05 Å². The van der Waals surface area contributed by atoms with E-state index < -0.39 is 0 Å². The lowest BCUT2D eigenvalue weighted by Gasteiger charge is -1.98. The molecule has 2 aromatic heterocycles. The van der Waals surface area contributed by atoms with E-state index in [2.05, 4.69) is 53.0 Å². The van der Waals surface area contributed by atoms with Crippen LogP contribution in [-0.2, 0) is 7.05 Å². The molecule has 1 aromatic carbocycles. The highest BCUT2D eigenvalue weighted by Crippen LogP contribution is 2.19. The molecule has 2 nitrogen and oxygen atoms in total. The van der Waals surface area contributed by atoms with Crippen molar-refractivity contribution < 1.29 is 0 Å². The van der Waals surface area contributed by atoms with Crippen molar-refractivity contribution in [3.63, 3.8) is 0 Å². The summed E-state index contributed by atoms with van der Waals surface area (Å²) in [4.78, 5) is 4.28. The number of pyridine rings is 1. The van der Waals surface area contributed by atoms with Crippen LogP contribution in [0.25, 0.3) is 23.1 Å². The maximum absolute atomic E-state index is 4.28. The Morgan fingerprint density at radius 2 is 1.83 bits per heavy atom. The summed E-state index contributed by atoms with van der Waals surface area (Å²) in [7, 11) is 2.08. The highest BCUT2D eigenvalue weighted by atomic mass is 14.9. The fraction of sp³-hybridized carbons (Fsp3) is 0.0625. The molecule has 0 bridgehead atoms. The third-order valence-electron chi connectivity index (χ3n) is 3.10. The minimum absolute atomic E-state index is 0.975. The number of aromatic nitrogens is 2. The van der Waals surface area contributed by atoms with Crippen molar-refractivity contribution in [1.29, 1.82) is 0 Å². The first-order valence-electron chi connectivity index (χ1n) is 5.98. The van der Waals surface area contributed by atoms with Crippen molar-refractivity contribution in [2.75, 3.05) is 0 Å². The molecule has 3 aromatic rings. The number of fused-ring (bicyclic) bond motifs is 1. The van der Waals surface area contributed by atoms with Gasteiger partial charge in [-0.15, -0.1) is 0 Å². The van der Waals surface area contributed by atoms with Gasteiger partial charge in [-0.2, -0.15) is 0 Å². The fourth-order valence-corrected chi connectivity index (χ4v) is 2.12. The first kappa shape index (κ1) is 10.8. The molecule has 2 heteroatoms. The number of benzene rings is 1. The number of hydrogen-bond acceptors (Lipinski definition) is 1. The summed E-state index contributed by atoms with van der Waals surface area (Å²) in [6, 6.07) is 16.5. The van der Waals surface area contributed by atoms with Gasteiger partial charge in [0.25, 0.3) is 0 Å². The Bertz CT molecular complexity index is 693. The summed E-state index contributed by atoms with van der Waals surface area (Å²) < 4.78 is 2.19. The molecule has 0 fully saturated rings. The SMILES string of the molecule is Cn1c(/C=C/c2ccccn2)cc2ccccc21. The van der Waals surface area contributed by atoms with Crippen molar-refractivity contribution >= 4 is 23.1 Å². The lowest BCUT2D eigenvalue weighted by molar-refractivity contribution is 0.955. The molecule has 0 aliphatic rings. The minimum Gasteiger partial charge on any atom is -0.344 e. The number of aryl methyl sites for hydroxylation is 1. The van der Waals surface area contributed by atoms with E-state index in [1.165, 1.54) is 16.6 Å². The van der Waals surface area contributed by atoms with E-state index in [0.717, 1.165) is 5.69 Å². The Morgan fingerprint density at radius 3 is 2.61 bits per heavy atom. The number of rotatable bonds is 2. The molecule has 0 radical (unpaired) electrons. The predicted octanol–water partition coefficient (Wildman–Crippen LogP) is 3.74. The third kappa shape index (κ3) is 1.93. The number of nitrogens with zero attached hydrogens (tertiary/aromatic N) is 2. The van der Waals surface area contributed by atoms with Crippen molar-refractivity contribution in [1.82, 2.24) is 9.55 Å². The van der Waals surface area contributed by atoms with Crippen LogP contribution in [0.4, 0.5) is 0 Å². The highest BCUT2D eigenvalue weighted by Gasteiger charge is 2.01. The maximum atomic E-state index is 4.28. The topological polar surface area (TPSA) is 17.8 Å². The Hall–Kier alpha value is -2.35. The number of para-hydroxylation sites is 1. The Kier molecular flexibility index (Phi) is 2.69. The van der Waals surface area contributed by atoms with Gasteiger partial charge >= 0.3 is 0 Å². The van der Waals surface area contributed by atoms with Gasteiger partial charge in [-0.1, -0.05) is 24.3 Å². The lowest BCUT2D eigenvalue weighted by Crippen LogP contribution is -1.89. The van der Waals surface area contributed by atoms with Gasteiger partial charge in [0.1, 0.15) is 0 Å². The molecule has 0 atom stereocenters. The van der Waals surface area contributed by atoms with Crippen LogP contribution >= 0.6 is 0 Å². The molecule has 0 aliphatic heterocycles. The molecule has 0 aliphatic carbocycles. The second-order valence-corrected chi connectivity index (χ2v) is 4.27. The molecule has 0 unspecified atom stereocenters. The van der Waals surface area contributed by atoms with Crippen LogP contribution in [0, 0.1) is 0 Å². The lowest BCUT2D eigenvalue weighted by atomic mass is 10.2. The predicted molar refractivity (Wildman–Crippen MR) is 76.1 cm³/mol. The molecule has 88 valence electrons. The van der Waals surface area contributed by atoms with Crippen molar-refractivity contribution in [3.8, 4) is 0 Å². The zero-order chi connectivity index (χ0) is 12.4. The molecule has 0 spiro atoms. The Morgan fingerprint density at radius 1 is 1.00 bits per heavy atom. The third-order valence-corrected chi connectivity index (χ3v) is 3.10. The molecular formula is C16H14N2. The van der Waals surface area contributed by atoms with Crippen LogP contribution in [0.5, 0.6) is 0 Å². The summed E-state index contributed by atoms with van der Waals surface area (Å²) in [5.74, 6) is 0. The maximum Gasteiger partial charge on any atom is 0.0630 e. The van der Waals surface area contributed by atoms with Gasteiger partial charge in [-0.25, -0.2) is 0 Å². The second kappa shape index (κ2) is 4.49. The fourth-order valence-electron chi connectivity index (χ4n) is 2.12. The molecule has 3 rings (SSSR count). The first-order chi connectivity index (χ1) is 8.84. The van der Waals surface area contributed by atoms with E-state index in [-0.39, 0.29) is 0 Å².